The van der Waals surface area contributed by atoms with Crippen molar-refractivity contribution in [3.05, 3.63) is 22.7 Å². The molecule has 30 heavy (non-hydrogen) atoms. The third-order valence-electron chi connectivity index (χ3n) is 5.53. The number of esters is 1. The number of aromatic nitrogens is 2. The van der Waals surface area contributed by atoms with Gasteiger partial charge in [-0.3, -0.25) is 9.36 Å². The summed E-state index contributed by atoms with van der Waals surface area (Å²) in [5.74, 6) is -0.634. The number of quaternary nitrogens is 1. The zero-order chi connectivity index (χ0) is 21.7. The fourth-order valence-electron chi connectivity index (χ4n) is 3.50. The molecule has 3 unspecified atom stereocenters. The fourth-order valence-corrected chi connectivity index (χ4v) is 3.50. The van der Waals surface area contributed by atoms with Crippen LogP contribution in [-0.2, 0) is 23.8 Å². The highest BCUT2D eigenvalue weighted by Crippen LogP contribution is 2.20. The summed E-state index contributed by atoms with van der Waals surface area (Å²) in [6.45, 7) is 4.72. The first-order chi connectivity index (χ1) is 14.4. The van der Waals surface area contributed by atoms with Crippen molar-refractivity contribution in [2.75, 3.05) is 25.5 Å². The molecule has 0 saturated carbocycles. The molecule has 3 heterocycles. The van der Waals surface area contributed by atoms with E-state index in [1.807, 2.05) is 19.2 Å². The number of ether oxygens (including phenoxy) is 3. The van der Waals surface area contributed by atoms with Gasteiger partial charge in [-0.2, -0.15) is 4.98 Å². The van der Waals surface area contributed by atoms with Crippen LogP contribution in [0, 0.1) is 5.92 Å². The molecular weight excluding hydrogens is 394 g/mol. The van der Waals surface area contributed by atoms with Crippen molar-refractivity contribution < 1.29 is 29.1 Å². The second-order valence-electron chi connectivity index (χ2n) is 7.67. The zero-order valence-electron chi connectivity index (χ0n) is 17.3. The number of hydrogen-bond donors (Lipinski definition) is 3. The Bertz CT molecular complexity index is 809. The minimum atomic E-state index is -0.820. The Hall–Kier alpha value is -2.50. The van der Waals surface area contributed by atoms with Crippen LogP contribution in [0.5, 0.6) is 0 Å². The lowest BCUT2D eigenvalue weighted by atomic mass is 9.98. The number of nitrogens with one attached hydrogen (secondary N) is 1. The number of nitrogens with zero attached hydrogens (tertiary/aromatic N) is 2. The summed E-state index contributed by atoms with van der Waals surface area (Å²) in [5.41, 5.74) is 4.94. The minimum Gasteiger partial charge on any atom is -0.459 e. The number of amides is 1. The van der Waals surface area contributed by atoms with Gasteiger partial charge in [0.15, 0.2) is 18.6 Å². The lowest BCUT2D eigenvalue weighted by Crippen LogP contribution is -2.89. The summed E-state index contributed by atoms with van der Waals surface area (Å²) in [5, 5.41) is 4.83. The van der Waals surface area contributed by atoms with Crippen LogP contribution in [0.2, 0.25) is 0 Å². The van der Waals surface area contributed by atoms with Crippen LogP contribution in [-0.4, -0.2) is 59.6 Å². The van der Waals surface area contributed by atoms with Gasteiger partial charge in [0.05, 0.1) is 13.2 Å². The van der Waals surface area contributed by atoms with E-state index in [4.69, 9.17) is 19.9 Å². The topological polar surface area (TPSA) is 151 Å². The summed E-state index contributed by atoms with van der Waals surface area (Å²) in [4.78, 5) is 40.7. The summed E-state index contributed by atoms with van der Waals surface area (Å²) in [6, 6.07) is 0.593. The Kier molecular flexibility index (Phi) is 7.40. The van der Waals surface area contributed by atoms with Crippen LogP contribution in [0.1, 0.15) is 39.3 Å². The quantitative estimate of drug-likeness (QED) is 0.426. The monoisotopic (exact) mass is 424 g/mol. The fraction of sp³-hybridized carbons (Fsp3) is 0.684. The first-order valence-corrected chi connectivity index (χ1v) is 10.3. The van der Waals surface area contributed by atoms with Crippen molar-refractivity contribution >= 4 is 17.7 Å². The van der Waals surface area contributed by atoms with E-state index in [9.17, 15) is 14.4 Å². The second kappa shape index (κ2) is 10.0. The Balaban J connectivity index is 1.53. The highest BCUT2D eigenvalue weighted by Gasteiger charge is 2.35. The number of carbonyl (C=O) groups is 2. The first kappa shape index (κ1) is 22.2. The number of anilines is 1. The molecule has 2 aliphatic rings. The predicted octanol–water partition coefficient (Wildman–Crippen LogP) is -1.50. The van der Waals surface area contributed by atoms with Crippen LogP contribution in [0.25, 0.3) is 0 Å². The van der Waals surface area contributed by atoms with Gasteiger partial charge in [0.2, 0.25) is 0 Å². The van der Waals surface area contributed by atoms with Gasteiger partial charge in [0, 0.05) is 19.0 Å². The number of hydrogen-bond acceptors (Lipinski definition) is 8. The molecular formula is C19H30N5O6+. The Morgan fingerprint density at radius 2 is 2.30 bits per heavy atom. The van der Waals surface area contributed by atoms with Gasteiger partial charge in [-0.05, 0) is 12.0 Å². The molecule has 2 saturated heterocycles. The van der Waals surface area contributed by atoms with Crippen molar-refractivity contribution in [2.24, 2.45) is 5.92 Å². The lowest BCUT2D eigenvalue weighted by Gasteiger charge is -2.24. The molecule has 0 radical (unpaired) electrons. The third kappa shape index (κ3) is 5.35. The third-order valence-corrected chi connectivity index (χ3v) is 5.53. The van der Waals surface area contributed by atoms with E-state index in [0.29, 0.717) is 6.42 Å². The van der Waals surface area contributed by atoms with Gasteiger partial charge < -0.3 is 30.6 Å². The van der Waals surface area contributed by atoms with Crippen LogP contribution in [0.3, 0.4) is 0 Å². The molecule has 0 aromatic carbocycles. The molecule has 2 aliphatic heterocycles. The first-order valence-electron chi connectivity index (χ1n) is 10.3. The Labute approximate surface area is 174 Å². The molecule has 166 valence electrons. The Morgan fingerprint density at radius 1 is 1.50 bits per heavy atom. The van der Waals surface area contributed by atoms with Crippen molar-refractivity contribution in [3.8, 4) is 0 Å². The maximum absolute atomic E-state index is 12.7. The van der Waals surface area contributed by atoms with E-state index in [1.165, 1.54) is 16.8 Å². The van der Waals surface area contributed by atoms with Crippen molar-refractivity contribution in [3.63, 3.8) is 0 Å². The number of carbonyl (C=O) groups excluding carboxylic acids is 2. The van der Waals surface area contributed by atoms with E-state index < -0.39 is 30.2 Å². The number of nitrogens with two attached hydrogens (primary N) is 2. The van der Waals surface area contributed by atoms with Gasteiger partial charge in [-0.1, -0.05) is 20.3 Å². The van der Waals surface area contributed by atoms with E-state index in [2.05, 4.69) is 10.3 Å². The molecule has 1 amide bonds. The number of rotatable bonds is 8. The zero-order valence-corrected chi connectivity index (χ0v) is 17.3. The molecule has 1 aromatic rings. The molecule has 5 atom stereocenters. The standard InChI is InChI=1S/C19H29N5O6/c1-3-11(2)16(23-17(25)12-5-4-7-21-12)18(26)29-10-15-28-9-14(30-15)24-8-6-13(20)22-19(24)27/h6,8,11-12,14-16,21H,3-5,7,9-10H2,1-2H3,(H,23,25)(H2,20,22,27)/p+1/t11?,12?,14-,15-,16?/m0/s1. The molecule has 5 N–H and O–H groups in total. The minimum absolute atomic E-state index is 0.0829. The molecule has 0 bridgehead atoms. The highest BCUT2D eigenvalue weighted by molar-refractivity contribution is 5.87. The van der Waals surface area contributed by atoms with E-state index in [-0.39, 0.29) is 36.9 Å². The highest BCUT2D eigenvalue weighted by atomic mass is 16.7. The maximum Gasteiger partial charge on any atom is 0.351 e. The molecule has 11 nitrogen and oxygen atoms in total. The number of nitrogen functional groups attached to an aromatic ring is 1. The predicted molar refractivity (Wildman–Crippen MR) is 105 cm³/mol. The smallest absolute Gasteiger partial charge is 0.351 e. The maximum atomic E-state index is 12.7. The van der Waals surface area contributed by atoms with Gasteiger partial charge in [-0.15, -0.1) is 0 Å². The van der Waals surface area contributed by atoms with Crippen LogP contribution in [0.15, 0.2) is 17.1 Å². The van der Waals surface area contributed by atoms with Crippen LogP contribution >= 0.6 is 0 Å². The van der Waals surface area contributed by atoms with Gasteiger partial charge >= 0.3 is 11.7 Å². The normalized spacial score (nSPS) is 25.6. The molecule has 0 aliphatic carbocycles. The average molecular weight is 424 g/mol. The second-order valence-corrected chi connectivity index (χ2v) is 7.67. The summed E-state index contributed by atoms with van der Waals surface area (Å²) >= 11 is 0. The van der Waals surface area contributed by atoms with E-state index in [1.54, 1.807) is 0 Å². The summed E-state index contributed by atoms with van der Waals surface area (Å²) in [7, 11) is 0. The van der Waals surface area contributed by atoms with Crippen molar-refractivity contribution in [1.82, 2.24) is 14.9 Å². The van der Waals surface area contributed by atoms with Crippen LogP contribution in [0.4, 0.5) is 5.82 Å². The SMILES string of the molecule is CCC(C)C(NC(=O)C1CCC[NH2+]1)C(=O)OC[C@H]1OC[C@@H](n2ccc(N)nc2=O)O1. The van der Waals surface area contributed by atoms with Crippen molar-refractivity contribution in [1.29, 1.82) is 0 Å². The van der Waals surface area contributed by atoms with E-state index >= 15 is 0 Å². The van der Waals surface area contributed by atoms with Gasteiger partial charge in [0.1, 0.15) is 18.5 Å². The van der Waals surface area contributed by atoms with Crippen molar-refractivity contribution in [2.45, 2.75) is 57.7 Å². The molecule has 1 aromatic heterocycles. The Morgan fingerprint density at radius 3 is 2.97 bits per heavy atom. The summed E-state index contributed by atoms with van der Waals surface area (Å²) < 4.78 is 17.7. The molecule has 2 fully saturated rings. The molecule has 3 rings (SSSR count). The van der Waals surface area contributed by atoms with Crippen LogP contribution < -0.4 is 22.1 Å². The largest absolute Gasteiger partial charge is 0.459 e. The van der Waals surface area contributed by atoms with Gasteiger partial charge in [0.25, 0.3) is 5.91 Å². The van der Waals surface area contributed by atoms with Gasteiger partial charge in [-0.25, -0.2) is 9.59 Å². The average Bonchev–Trinajstić information content (AvgIpc) is 3.41. The van der Waals surface area contributed by atoms with E-state index in [0.717, 1.165) is 19.4 Å². The lowest BCUT2D eigenvalue weighted by molar-refractivity contribution is -0.657. The molecule has 11 heteroatoms. The summed E-state index contributed by atoms with van der Waals surface area (Å²) in [6.07, 6.45) is 2.47. The molecule has 0 spiro atoms.